The van der Waals surface area contributed by atoms with Crippen molar-refractivity contribution in [2.75, 3.05) is 14.1 Å². The number of alkyl halides is 3. The third kappa shape index (κ3) is 3.58. The van der Waals surface area contributed by atoms with Gasteiger partial charge in [0.25, 0.3) is 0 Å². The summed E-state index contributed by atoms with van der Waals surface area (Å²) in [6.45, 7) is 0. The lowest BCUT2D eigenvalue weighted by Gasteiger charge is -2.17. The van der Waals surface area contributed by atoms with E-state index in [0.717, 1.165) is 0 Å². The van der Waals surface area contributed by atoms with Gasteiger partial charge in [0.1, 0.15) is 0 Å². The first kappa shape index (κ1) is 18.7. The van der Waals surface area contributed by atoms with Gasteiger partial charge in [-0.3, -0.25) is 4.79 Å². The molecule has 2 aromatic carbocycles. The second-order valence-corrected chi connectivity index (χ2v) is 6.39. The maximum absolute atomic E-state index is 14.0. The van der Waals surface area contributed by atoms with Gasteiger partial charge in [-0.05, 0) is 16.7 Å². The summed E-state index contributed by atoms with van der Waals surface area (Å²) in [6, 6.07) is 17.6. The maximum Gasteiger partial charge on any atom is 0.417 e. The minimum atomic E-state index is -4.66. The highest BCUT2D eigenvalue weighted by Gasteiger charge is 2.45. The van der Waals surface area contributed by atoms with E-state index in [1.165, 1.54) is 6.20 Å². The average molecular weight is 369 g/mol. The Morgan fingerprint density at radius 2 is 1.30 bits per heavy atom. The van der Waals surface area contributed by atoms with Gasteiger partial charge in [-0.15, -0.1) is 0 Å². The third-order valence-electron chi connectivity index (χ3n) is 4.24. The van der Waals surface area contributed by atoms with E-state index < -0.39 is 11.7 Å². The number of hydrogen-bond donors (Lipinski definition) is 0. The molecule has 0 aliphatic heterocycles. The molecule has 2 aromatic rings. The van der Waals surface area contributed by atoms with Crippen molar-refractivity contribution in [2.24, 2.45) is 0 Å². The van der Waals surface area contributed by atoms with Gasteiger partial charge >= 0.3 is 6.18 Å². The molecule has 0 radical (unpaired) electrons. The summed E-state index contributed by atoms with van der Waals surface area (Å²) in [5.74, 6) is 0. The summed E-state index contributed by atoms with van der Waals surface area (Å²) in [7, 11) is 3.31. The smallest absolute Gasteiger partial charge is 0.383 e. The van der Waals surface area contributed by atoms with Crippen molar-refractivity contribution < 1.29 is 18.0 Å². The van der Waals surface area contributed by atoms with E-state index in [0.29, 0.717) is 28.6 Å². The van der Waals surface area contributed by atoms with Crippen LogP contribution in [0.15, 0.2) is 83.6 Å². The topological polar surface area (TPSA) is 20.3 Å². The number of nitrogens with zero attached hydrogens (tertiary/aromatic N) is 1. The maximum atomic E-state index is 14.0. The zero-order valence-electron chi connectivity index (χ0n) is 14.9. The molecule has 2 nitrogen and oxygen atoms in total. The number of carbonyl (C=O) groups is 1. The van der Waals surface area contributed by atoms with Crippen LogP contribution in [0.5, 0.6) is 0 Å². The lowest BCUT2D eigenvalue weighted by Crippen LogP contribution is -2.16. The van der Waals surface area contributed by atoms with Gasteiger partial charge in [-0.1, -0.05) is 60.7 Å². The summed E-state index contributed by atoms with van der Waals surface area (Å²) in [4.78, 5) is 13.4. The van der Waals surface area contributed by atoms with E-state index in [1.54, 1.807) is 79.7 Å². The highest BCUT2D eigenvalue weighted by atomic mass is 19.4. The van der Waals surface area contributed by atoms with E-state index in [1.807, 2.05) is 0 Å². The standard InChI is InChI=1S/C22H18F3NO/c1-26(2)13-17-19(15-9-5-3-6-10-15)20(16-11-7-4-8-12-16)18(14-27)21(17)22(23,24)25/h3-14H,1-2H3/b17-13+. The lowest BCUT2D eigenvalue weighted by atomic mass is 9.92. The predicted molar refractivity (Wildman–Crippen MR) is 101 cm³/mol. The second-order valence-electron chi connectivity index (χ2n) is 6.39. The van der Waals surface area contributed by atoms with E-state index in [-0.39, 0.29) is 11.1 Å². The molecule has 0 spiro atoms. The number of benzene rings is 2. The van der Waals surface area contributed by atoms with Crippen LogP contribution in [0.2, 0.25) is 0 Å². The van der Waals surface area contributed by atoms with Gasteiger partial charge in [-0.2, -0.15) is 13.2 Å². The normalized spacial score (nSPS) is 16.3. The van der Waals surface area contributed by atoms with Crippen molar-refractivity contribution in [1.82, 2.24) is 4.90 Å². The largest absolute Gasteiger partial charge is 0.417 e. The van der Waals surface area contributed by atoms with Crippen LogP contribution in [-0.4, -0.2) is 31.5 Å². The zero-order valence-corrected chi connectivity index (χ0v) is 14.9. The van der Waals surface area contributed by atoms with Crippen molar-refractivity contribution in [3.8, 4) is 0 Å². The van der Waals surface area contributed by atoms with Crippen molar-refractivity contribution in [2.45, 2.75) is 6.18 Å². The number of aldehydes is 1. The molecule has 0 N–H and O–H groups in total. The van der Waals surface area contributed by atoms with E-state index >= 15 is 0 Å². The van der Waals surface area contributed by atoms with Crippen molar-refractivity contribution in [1.29, 1.82) is 0 Å². The number of hydrogen-bond acceptors (Lipinski definition) is 2. The molecule has 0 unspecified atom stereocenters. The zero-order chi connectivity index (χ0) is 19.6. The van der Waals surface area contributed by atoms with Crippen molar-refractivity contribution >= 4 is 17.4 Å². The summed E-state index contributed by atoms with van der Waals surface area (Å²) >= 11 is 0. The first-order valence-corrected chi connectivity index (χ1v) is 8.35. The summed E-state index contributed by atoms with van der Waals surface area (Å²) in [5, 5.41) is 0. The molecular weight excluding hydrogens is 351 g/mol. The van der Waals surface area contributed by atoms with Gasteiger partial charge in [0.2, 0.25) is 0 Å². The van der Waals surface area contributed by atoms with Crippen LogP contribution in [0.1, 0.15) is 11.1 Å². The number of allylic oxidation sites excluding steroid dienone is 5. The molecule has 0 amide bonds. The minimum absolute atomic E-state index is 0.000321. The van der Waals surface area contributed by atoms with Gasteiger partial charge in [0.05, 0.1) is 5.57 Å². The van der Waals surface area contributed by atoms with E-state index in [4.69, 9.17) is 0 Å². The highest BCUT2D eigenvalue weighted by Crippen LogP contribution is 2.51. The quantitative estimate of drug-likeness (QED) is 0.698. The molecule has 0 saturated carbocycles. The van der Waals surface area contributed by atoms with Crippen LogP contribution in [0.25, 0.3) is 11.1 Å². The summed E-state index contributed by atoms with van der Waals surface area (Å²) in [6.07, 6.45) is -2.93. The molecule has 1 aliphatic carbocycles. The number of carbonyl (C=O) groups excluding carboxylic acids is 1. The summed E-state index contributed by atoms with van der Waals surface area (Å²) in [5.41, 5.74) is 0.678. The van der Waals surface area contributed by atoms with Crippen LogP contribution >= 0.6 is 0 Å². The molecule has 0 saturated heterocycles. The fraction of sp³-hybridized carbons (Fsp3) is 0.136. The molecule has 5 heteroatoms. The fourth-order valence-corrected chi connectivity index (χ4v) is 3.28. The molecular formula is C22H18F3NO. The Kier molecular flexibility index (Phi) is 5.04. The average Bonchev–Trinajstić information content (AvgIpc) is 2.96. The number of halogens is 3. The van der Waals surface area contributed by atoms with Crippen LogP contribution < -0.4 is 0 Å². The first-order chi connectivity index (χ1) is 12.8. The summed E-state index contributed by atoms with van der Waals surface area (Å²) < 4.78 is 41.9. The molecule has 0 heterocycles. The van der Waals surface area contributed by atoms with Crippen LogP contribution in [0.4, 0.5) is 13.2 Å². The van der Waals surface area contributed by atoms with Crippen LogP contribution in [-0.2, 0) is 4.79 Å². The Hall–Kier alpha value is -3.08. The molecule has 1 aliphatic rings. The predicted octanol–water partition coefficient (Wildman–Crippen LogP) is 5.11. The monoisotopic (exact) mass is 369 g/mol. The number of rotatable bonds is 4. The molecule has 27 heavy (non-hydrogen) atoms. The van der Waals surface area contributed by atoms with E-state index in [9.17, 15) is 18.0 Å². The molecule has 138 valence electrons. The minimum Gasteiger partial charge on any atom is -0.383 e. The molecule has 0 fully saturated rings. The molecule has 0 atom stereocenters. The SMILES string of the molecule is CN(C)/C=C1\C(c2ccccc2)=C(c2ccccc2)C(C=O)=C1C(F)(F)F. The Morgan fingerprint density at radius 3 is 1.70 bits per heavy atom. The Bertz CT molecular complexity index is 937. The van der Waals surface area contributed by atoms with Crippen LogP contribution in [0, 0.1) is 0 Å². The van der Waals surface area contributed by atoms with Gasteiger partial charge < -0.3 is 4.90 Å². The van der Waals surface area contributed by atoms with Crippen molar-refractivity contribution in [3.63, 3.8) is 0 Å². The lowest BCUT2D eigenvalue weighted by molar-refractivity contribution is -0.106. The first-order valence-electron chi connectivity index (χ1n) is 8.35. The molecule has 3 rings (SSSR count). The van der Waals surface area contributed by atoms with Crippen LogP contribution in [0.3, 0.4) is 0 Å². The Labute approximate surface area is 155 Å². The molecule has 0 bridgehead atoms. The second kappa shape index (κ2) is 7.27. The molecule has 0 aromatic heterocycles. The van der Waals surface area contributed by atoms with Gasteiger partial charge in [0.15, 0.2) is 6.29 Å². The third-order valence-corrected chi connectivity index (χ3v) is 4.24. The van der Waals surface area contributed by atoms with Gasteiger partial charge in [-0.25, -0.2) is 0 Å². The van der Waals surface area contributed by atoms with Gasteiger partial charge in [0, 0.05) is 37.0 Å². The fourth-order valence-electron chi connectivity index (χ4n) is 3.28. The van der Waals surface area contributed by atoms with E-state index in [2.05, 4.69) is 0 Å². The Balaban J connectivity index is 2.44. The Morgan fingerprint density at radius 1 is 0.815 bits per heavy atom. The van der Waals surface area contributed by atoms with Crippen molar-refractivity contribution in [3.05, 3.63) is 94.7 Å². The highest BCUT2D eigenvalue weighted by molar-refractivity contribution is 6.18.